The molecular formula is C14H19NO2. The Morgan fingerprint density at radius 3 is 2.76 bits per heavy atom. The SMILES string of the molecule is O=C(NCC1CC1)OCCCc1ccccc1. The highest BCUT2D eigenvalue weighted by Gasteiger charge is 2.21. The van der Waals surface area contributed by atoms with Crippen molar-refractivity contribution in [1.82, 2.24) is 5.32 Å². The third-order valence-electron chi connectivity index (χ3n) is 2.92. The van der Waals surface area contributed by atoms with Crippen LogP contribution in [0.2, 0.25) is 0 Å². The average molecular weight is 233 g/mol. The second-order valence-electron chi connectivity index (χ2n) is 4.55. The van der Waals surface area contributed by atoms with Crippen LogP contribution in [0, 0.1) is 5.92 Å². The van der Waals surface area contributed by atoms with E-state index in [1.165, 1.54) is 18.4 Å². The van der Waals surface area contributed by atoms with E-state index in [9.17, 15) is 4.79 Å². The van der Waals surface area contributed by atoms with E-state index in [0.29, 0.717) is 12.5 Å². The lowest BCUT2D eigenvalue weighted by molar-refractivity contribution is 0.144. The van der Waals surface area contributed by atoms with Crippen LogP contribution in [0.4, 0.5) is 4.79 Å². The summed E-state index contributed by atoms with van der Waals surface area (Å²) in [6.07, 6.45) is 4.05. The summed E-state index contributed by atoms with van der Waals surface area (Å²) >= 11 is 0. The van der Waals surface area contributed by atoms with Crippen LogP contribution in [-0.2, 0) is 11.2 Å². The van der Waals surface area contributed by atoms with Gasteiger partial charge in [-0.05, 0) is 37.2 Å². The molecule has 1 aliphatic rings. The summed E-state index contributed by atoms with van der Waals surface area (Å²) in [6, 6.07) is 10.2. The van der Waals surface area contributed by atoms with Crippen molar-refractivity contribution >= 4 is 6.09 Å². The minimum Gasteiger partial charge on any atom is -0.450 e. The summed E-state index contributed by atoms with van der Waals surface area (Å²) in [7, 11) is 0. The molecule has 1 aromatic rings. The maximum atomic E-state index is 11.3. The lowest BCUT2D eigenvalue weighted by atomic mass is 10.1. The van der Waals surface area contributed by atoms with Gasteiger partial charge in [-0.25, -0.2) is 4.79 Å². The Morgan fingerprint density at radius 2 is 2.06 bits per heavy atom. The van der Waals surface area contributed by atoms with Gasteiger partial charge in [0.1, 0.15) is 0 Å². The summed E-state index contributed by atoms with van der Waals surface area (Å²) in [5.74, 6) is 0.701. The van der Waals surface area contributed by atoms with Crippen LogP contribution in [0.5, 0.6) is 0 Å². The van der Waals surface area contributed by atoms with Crippen LogP contribution in [-0.4, -0.2) is 19.2 Å². The molecule has 0 unspecified atom stereocenters. The number of rotatable bonds is 6. The van der Waals surface area contributed by atoms with Gasteiger partial charge in [0.25, 0.3) is 0 Å². The fourth-order valence-electron chi connectivity index (χ4n) is 1.69. The second kappa shape index (κ2) is 6.28. The lowest BCUT2D eigenvalue weighted by Gasteiger charge is -2.06. The minimum atomic E-state index is -0.273. The van der Waals surface area contributed by atoms with Crippen LogP contribution in [0.1, 0.15) is 24.8 Å². The third kappa shape index (κ3) is 4.89. The molecule has 2 rings (SSSR count). The number of hydrogen-bond acceptors (Lipinski definition) is 2. The monoisotopic (exact) mass is 233 g/mol. The van der Waals surface area contributed by atoms with Gasteiger partial charge in [0.15, 0.2) is 0 Å². The molecule has 17 heavy (non-hydrogen) atoms. The van der Waals surface area contributed by atoms with E-state index < -0.39 is 0 Å². The first-order chi connectivity index (χ1) is 8.34. The molecule has 0 atom stereocenters. The predicted molar refractivity (Wildman–Crippen MR) is 66.8 cm³/mol. The molecule has 1 saturated carbocycles. The molecule has 1 aliphatic carbocycles. The summed E-state index contributed by atoms with van der Waals surface area (Å²) < 4.78 is 5.09. The van der Waals surface area contributed by atoms with Crippen LogP contribution < -0.4 is 5.32 Å². The van der Waals surface area contributed by atoms with Gasteiger partial charge in [-0.15, -0.1) is 0 Å². The lowest BCUT2D eigenvalue weighted by Crippen LogP contribution is -2.26. The number of alkyl carbamates (subject to hydrolysis) is 1. The predicted octanol–water partition coefficient (Wildman–Crippen LogP) is 2.76. The van der Waals surface area contributed by atoms with Crippen molar-refractivity contribution in [3.63, 3.8) is 0 Å². The van der Waals surface area contributed by atoms with Crippen molar-refractivity contribution in [2.24, 2.45) is 5.92 Å². The Morgan fingerprint density at radius 1 is 1.29 bits per heavy atom. The molecule has 0 aromatic heterocycles. The molecule has 0 heterocycles. The Bertz CT molecular complexity index is 346. The molecule has 0 radical (unpaired) electrons. The van der Waals surface area contributed by atoms with Crippen molar-refractivity contribution in [3.8, 4) is 0 Å². The smallest absolute Gasteiger partial charge is 0.407 e. The standard InChI is InChI=1S/C14H19NO2/c16-14(15-11-13-8-9-13)17-10-4-7-12-5-2-1-3-6-12/h1-3,5-6,13H,4,7-11H2,(H,15,16). The van der Waals surface area contributed by atoms with Crippen molar-refractivity contribution < 1.29 is 9.53 Å². The Balaban J connectivity index is 1.51. The fraction of sp³-hybridized carbons (Fsp3) is 0.500. The first-order valence-corrected chi connectivity index (χ1v) is 6.29. The van der Waals surface area contributed by atoms with Gasteiger partial charge in [-0.2, -0.15) is 0 Å². The highest BCUT2D eigenvalue weighted by Crippen LogP contribution is 2.27. The number of ether oxygens (including phenoxy) is 1. The zero-order valence-corrected chi connectivity index (χ0v) is 10.0. The summed E-state index contributed by atoms with van der Waals surface area (Å²) in [5, 5.41) is 2.78. The van der Waals surface area contributed by atoms with Crippen molar-refractivity contribution in [3.05, 3.63) is 35.9 Å². The quantitative estimate of drug-likeness (QED) is 0.767. The minimum absolute atomic E-state index is 0.273. The van der Waals surface area contributed by atoms with Gasteiger partial charge in [-0.1, -0.05) is 30.3 Å². The zero-order valence-electron chi connectivity index (χ0n) is 10.0. The number of amides is 1. The van der Waals surface area contributed by atoms with E-state index in [-0.39, 0.29) is 6.09 Å². The Kier molecular flexibility index (Phi) is 4.42. The highest BCUT2D eigenvalue weighted by molar-refractivity contribution is 5.67. The van der Waals surface area contributed by atoms with Crippen molar-refractivity contribution in [1.29, 1.82) is 0 Å². The largest absolute Gasteiger partial charge is 0.450 e. The first-order valence-electron chi connectivity index (χ1n) is 6.29. The van der Waals surface area contributed by atoms with Crippen LogP contribution in [0.25, 0.3) is 0 Å². The highest BCUT2D eigenvalue weighted by atomic mass is 16.5. The van der Waals surface area contributed by atoms with Crippen LogP contribution in [0.15, 0.2) is 30.3 Å². The van der Waals surface area contributed by atoms with E-state index in [2.05, 4.69) is 17.4 Å². The van der Waals surface area contributed by atoms with E-state index in [1.807, 2.05) is 18.2 Å². The first kappa shape index (κ1) is 12.0. The molecule has 1 fully saturated rings. The fourth-order valence-corrected chi connectivity index (χ4v) is 1.69. The van der Waals surface area contributed by atoms with Crippen molar-refractivity contribution in [2.45, 2.75) is 25.7 Å². The van der Waals surface area contributed by atoms with Gasteiger partial charge in [0, 0.05) is 6.54 Å². The molecule has 0 spiro atoms. The van der Waals surface area contributed by atoms with Gasteiger partial charge < -0.3 is 10.1 Å². The number of nitrogens with one attached hydrogen (secondary N) is 1. The molecule has 1 amide bonds. The van der Waals surface area contributed by atoms with E-state index in [1.54, 1.807) is 0 Å². The molecule has 1 N–H and O–H groups in total. The molecule has 3 heteroatoms. The van der Waals surface area contributed by atoms with E-state index in [4.69, 9.17) is 4.74 Å². The number of hydrogen-bond donors (Lipinski definition) is 1. The van der Waals surface area contributed by atoms with E-state index in [0.717, 1.165) is 19.4 Å². The second-order valence-corrected chi connectivity index (χ2v) is 4.55. The Hall–Kier alpha value is -1.51. The summed E-state index contributed by atoms with van der Waals surface area (Å²) in [5.41, 5.74) is 1.29. The molecule has 0 bridgehead atoms. The molecule has 3 nitrogen and oxygen atoms in total. The number of aryl methyl sites for hydroxylation is 1. The zero-order chi connectivity index (χ0) is 11.9. The van der Waals surface area contributed by atoms with Crippen LogP contribution >= 0.6 is 0 Å². The number of benzene rings is 1. The van der Waals surface area contributed by atoms with Crippen molar-refractivity contribution in [2.75, 3.05) is 13.2 Å². The topological polar surface area (TPSA) is 38.3 Å². The third-order valence-corrected chi connectivity index (χ3v) is 2.92. The Labute approximate surface area is 102 Å². The maximum Gasteiger partial charge on any atom is 0.407 e. The summed E-state index contributed by atoms with van der Waals surface area (Å²) in [4.78, 5) is 11.3. The maximum absolute atomic E-state index is 11.3. The number of carbonyl (C=O) groups is 1. The van der Waals surface area contributed by atoms with Gasteiger partial charge in [0.05, 0.1) is 6.61 Å². The van der Waals surface area contributed by atoms with Gasteiger partial charge in [-0.3, -0.25) is 0 Å². The molecule has 1 aromatic carbocycles. The van der Waals surface area contributed by atoms with Gasteiger partial charge >= 0.3 is 6.09 Å². The number of carbonyl (C=O) groups excluding carboxylic acids is 1. The molecular weight excluding hydrogens is 214 g/mol. The van der Waals surface area contributed by atoms with Gasteiger partial charge in [0.2, 0.25) is 0 Å². The van der Waals surface area contributed by atoms with Crippen LogP contribution in [0.3, 0.4) is 0 Å². The summed E-state index contributed by atoms with van der Waals surface area (Å²) in [6.45, 7) is 1.27. The molecule has 92 valence electrons. The normalized spacial score (nSPS) is 14.4. The average Bonchev–Trinajstić information content (AvgIpc) is 3.17. The molecule has 0 saturated heterocycles. The van der Waals surface area contributed by atoms with E-state index >= 15 is 0 Å². The molecule has 0 aliphatic heterocycles.